The first kappa shape index (κ1) is 17.6. The Balaban J connectivity index is 1.59. The first-order chi connectivity index (χ1) is 13.4. The highest BCUT2D eigenvalue weighted by atomic mass is 32.2. The molecule has 0 saturated carbocycles. The summed E-state index contributed by atoms with van der Waals surface area (Å²) in [7, 11) is -3.61. The minimum Gasteiger partial charge on any atom is -0.358 e. The fourth-order valence-corrected chi connectivity index (χ4v) is 6.19. The van der Waals surface area contributed by atoms with Crippen molar-refractivity contribution < 1.29 is 13.2 Å². The zero-order valence-corrected chi connectivity index (χ0v) is 16.6. The number of aryl methyl sites for hydroxylation is 2. The number of fused-ring (bicyclic) bond motifs is 4. The van der Waals surface area contributed by atoms with Crippen LogP contribution in [0.2, 0.25) is 0 Å². The molecule has 0 saturated heterocycles. The van der Waals surface area contributed by atoms with Crippen LogP contribution in [0.3, 0.4) is 0 Å². The molecule has 1 N–H and O–H groups in total. The number of ketones is 1. The Bertz CT molecular complexity index is 1220. The van der Waals surface area contributed by atoms with E-state index in [1.165, 1.54) is 5.56 Å². The second-order valence-corrected chi connectivity index (χ2v) is 9.68. The average molecular weight is 394 g/mol. The molecule has 0 amide bonds. The van der Waals surface area contributed by atoms with Crippen LogP contribution in [0.4, 0.5) is 0 Å². The first-order valence-electron chi connectivity index (χ1n) is 9.70. The third-order valence-corrected chi connectivity index (χ3v) is 7.98. The topological polar surface area (TPSA) is 70.2 Å². The minimum atomic E-state index is -3.61. The van der Waals surface area contributed by atoms with Crippen LogP contribution < -0.4 is 0 Å². The summed E-state index contributed by atoms with van der Waals surface area (Å²) in [5, 5.41) is 0.847. The maximum absolute atomic E-state index is 13.4. The lowest BCUT2D eigenvalue weighted by molar-refractivity contribution is 0.0974. The minimum absolute atomic E-state index is 0.148. The number of aromatic nitrogens is 1. The molecular formula is C22H22N2O3S. The lowest BCUT2D eigenvalue weighted by atomic mass is 9.94. The Morgan fingerprint density at radius 3 is 2.64 bits per heavy atom. The van der Waals surface area contributed by atoms with Gasteiger partial charge < -0.3 is 4.98 Å². The van der Waals surface area contributed by atoms with Gasteiger partial charge in [0.1, 0.15) is 0 Å². The SMILES string of the molecule is Cc1cc2c3c([nH]c2cc1S(=O)(=O)N1CCc2ccccc2C1)CCCC3=O. The molecule has 5 rings (SSSR count). The lowest BCUT2D eigenvalue weighted by Gasteiger charge is -2.28. The highest BCUT2D eigenvalue weighted by Gasteiger charge is 2.31. The van der Waals surface area contributed by atoms with Gasteiger partial charge in [0.05, 0.1) is 4.90 Å². The van der Waals surface area contributed by atoms with Gasteiger partial charge in [-0.3, -0.25) is 4.79 Å². The van der Waals surface area contributed by atoms with E-state index >= 15 is 0 Å². The average Bonchev–Trinajstić information content (AvgIpc) is 3.05. The molecule has 0 spiro atoms. The Morgan fingerprint density at radius 2 is 1.82 bits per heavy atom. The van der Waals surface area contributed by atoms with Crippen molar-refractivity contribution in [2.24, 2.45) is 0 Å². The number of benzene rings is 2. The van der Waals surface area contributed by atoms with E-state index in [2.05, 4.69) is 11.1 Å². The van der Waals surface area contributed by atoms with Gasteiger partial charge in [-0.25, -0.2) is 8.42 Å². The fraction of sp³-hybridized carbons (Fsp3) is 0.318. The van der Waals surface area contributed by atoms with Gasteiger partial charge in [-0.05, 0) is 55.0 Å². The van der Waals surface area contributed by atoms with Gasteiger partial charge >= 0.3 is 0 Å². The molecule has 3 aromatic rings. The molecule has 2 heterocycles. The van der Waals surface area contributed by atoms with Crippen LogP contribution in [0.15, 0.2) is 41.3 Å². The number of aromatic amines is 1. The largest absolute Gasteiger partial charge is 0.358 e. The Kier molecular flexibility index (Phi) is 3.96. The van der Waals surface area contributed by atoms with E-state index in [1.807, 2.05) is 31.2 Å². The number of carbonyl (C=O) groups is 1. The molecule has 0 atom stereocenters. The molecule has 5 nitrogen and oxygen atoms in total. The number of hydrogen-bond acceptors (Lipinski definition) is 3. The van der Waals surface area contributed by atoms with Crippen LogP contribution in [-0.4, -0.2) is 30.0 Å². The molecule has 1 aliphatic heterocycles. The second kappa shape index (κ2) is 6.29. The van der Waals surface area contributed by atoms with Crippen LogP contribution >= 0.6 is 0 Å². The summed E-state index contributed by atoms with van der Waals surface area (Å²) in [5.74, 6) is 0.148. The molecular weight excluding hydrogens is 372 g/mol. The molecule has 28 heavy (non-hydrogen) atoms. The van der Waals surface area contributed by atoms with Crippen LogP contribution in [0, 0.1) is 6.92 Å². The number of carbonyl (C=O) groups excluding carboxylic acids is 1. The summed E-state index contributed by atoms with van der Waals surface area (Å²) in [6, 6.07) is 11.6. The molecule has 2 aromatic carbocycles. The van der Waals surface area contributed by atoms with Gasteiger partial charge in [-0.1, -0.05) is 24.3 Å². The molecule has 144 valence electrons. The van der Waals surface area contributed by atoms with Gasteiger partial charge in [0.25, 0.3) is 0 Å². The summed E-state index contributed by atoms with van der Waals surface area (Å²) >= 11 is 0. The van der Waals surface area contributed by atoms with Gasteiger partial charge in [0.2, 0.25) is 10.0 Å². The third kappa shape index (κ3) is 2.63. The van der Waals surface area contributed by atoms with Crippen molar-refractivity contribution in [3.63, 3.8) is 0 Å². The summed E-state index contributed by atoms with van der Waals surface area (Å²) in [5.41, 5.74) is 5.40. The smallest absolute Gasteiger partial charge is 0.243 e. The van der Waals surface area contributed by atoms with Crippen molar-refractivity contribution in [3.05, 3.63) is 64.3 Å². The maximum Gasteiger partial charge on any atom is 0.243 e. The molecule has 0 bridgehead atoms. The van der Waals surface area contributed by atoms with E-state index in [4.69, 9.17) is 0 Å². The lowest BCUT2D eigenvalue weighted by Crippen LogP contribution is -2.36. The van der Waals surface area contributed by atoms with Crippen molar-refractivity contribution in [1.82, 2.24) is 9.29 Å². The summed E-state index contributed by atoms with van der Waals surface area (Å²) in [6.07, 6.45) is 2.96. The summed E-state index contributed by atoms with van der Waals surface area (Å²) in [6.45, 7) is 2.70. The quantitative estimate of drug-likeness (QED) is 0.720. The predicted octanol–water partition coefficient (Wildman–Crippen LogP) is 3.74. The maximum atomic E-state index is 13.4. The van der Waals surface area contributed by atoms with Crippen LogP contribution in [-0.2, 0) is 29.4 Å². The molecule has 0 radical (unpaired) electrons. The van der Waals surface area contributed by atoms with E-state index in [-0.39, 0.29) is 5.78 Å². The second-order valence-electron chi connectivity index (χ2n) is 7.78. The summed E-state index contributed by atoms with van der Waals surface area (Å²) in [4.78, 5) is 16.0. The number of rotatable bonds is 2. The number of nitrogens with one attached hydrogen (secondary N) is 1. The molecule has 1 aliphatic carbocycles. The zero-order valence-electron chi connectivity index (χ0n) is 15.8. The number of H-pyrrole nitrogens is 1. The Labute approximate surface area is 164 Å². The molecule has 6 heteroatoms. The van der Waals surface area contributed by atoms with E-state index in [9.17, 15) is 13.2 Å². The van der Waals surface area contributed by atoms with Crippen molar-refractivity contribution in [3.8, 4) is 0 Å². The van der Waals surface area contributed by atoms with E-state index in [1.54, 1.807) is 10.4 Å². The third-order valence-electron chi connectivity index (χ3n) is 5.99. The van der Waals surface area contributed by atoms with Crippen molar-refractivity contribution >= 4 is 26.7 Å². The van der Waals surface area contributed by atoms with Crippen LogP contribution in [0.5, 0.6) is 0 Å². The fourth-order valence-electron chi connectivity index (χ4n) is 4.53. The van der Waals surface area contributed by atoms with Gasteiger partial charge in [0, 0.05) is 41.7 Å². The molecule has 0 unspecified atom stereocenters. The highest BCUT2D eigenvalue weighted by molar-refractivity contribution is 7.89. The van der Waals surface area contributed by atoms with Gasteiger partial charge in [-0.15, -0.1) is 0 Å². The van der Waals surface area contributed by atoms with Crippen molar-refractivity contribution in [2.45, 2.75) is 44.0 Å². The Morgan fingerprint density at radius 1 is 1.04 bits per heavy atom. The highest BCUT2D eigenvalue weighted by Crippen LogP contribution is 2.34. The Hall–Kier alpha value is -2.44. The normalized spacial score (nSPS) is 17.5. The van der Waals surface area contributed by atoms with Crippen molar-refractivity contribution in [2.75, 3.05) is 6.54 Å². The predicted molar refractivity (Wildman–Crippen MR) is 108 cm³/mol. The van der Waals surface area contributed by atoms with Crippen LogP contribution in [0.1, 0.15) is 45.6 Å². The molecule has 2 aliphatic rings. The van der Waals surface area contributed by atoms with Gasteiger partial charge in [0.15, 0.2) is 5.78 Å². The van der Waals surface area contributed by atoms with Crippen molar-refractivity contribution in [1.29, 1.82) is 0 Å². The molecule has 0 fully saturated rings. The van der Waals surface area contributed by atoms with Crippen LogP contribution in [0.25, 0.3) is 10.9 Å². The number of nitrogens with zero attached hydrogens (tertiary/aromatic N) is 1. The number of sulfonamides is 1. The van der Waals surface area contributed by atoms with E-state index < -0.39 is 10.0 Å². The van der Waals surface area contributed by atoms with E-state index in [0.717, 1.165) is 47.0 Å². The molecule has 1 aromatic heterocycles. The first-order valence-corrected chi connectivity index (χ1v) is 11.1. The zero-order chi connectivity index (χ0) is 19.5. The number of hydrogen-bond donors (Lipinski definition) is 1. The monoisotopic (exact) mass is 394 g/mol. The van der Waals surface area contributed by atoms with E-state index in [0.29, 0.717) is 30.0 Å². The standard InChI is InChI=1S/C22H22N2O3S/c1-14-11-17-19(23-18-7-4-8-20(25)22(17)18)12-21(14)28(26,27)24-10-9-15-5-2-3-6-16(15)13-24/h2-3,5-6,11-12,23H,4,7-10,13H2,1H3. The van der Waals surface area contributed by atoms with Gasteiger partial charge in [-0.2, -0.15) is 4.31 Å². The number of Topliss-reactive ketones (excluding diaryl/α,β-unsaturated/α-hetero) is 1. The summed E-state index contributed by atoms with van der Waals surface area (Å²) < 4.78 is 28.4.